The molecule has 188 valence electrons. The van der Waals surface area contributed by atoms with E-state index in [-0.39, 0.29) is 12.2 Å². The van der Waals surface area contributed by atoms with E-state index in [1.807, 2.05) is 0 Å². The number of carboxylic acid groups (broad SMARTS) is 2. The van der Waals surface area contributed by atoms with E-state index in [9.17, 15) is 34.2 Å². The van der Waals surface area contributed by atoms with Gasteiger partial charge in [-0.15, -0.1) is 0 Å². The van der Waals surface area contributed by atoms with Crippen molar-refractivity contribution in [3.8, 4) is 5.75 Å². The minimum Gasteiger partial charge on any atom is -0.508 e. The molecule has 0 fully saturated rings. The quantitative estimate of drug-likeness (QED) is 0.129. The van der Waals surface area contributed by atoms with Crippen molar-refractivity contribution in [2.24, 2.45) is 11.5 Å². The Kier molecular flexibility index (Phi) is 12.0. The third kappa shape index (κ3) is 10.7. The van der Waals surface area contributed by atoms with Crippen molar-refractivity contribution in [1.29, 1.82) is 0 Å². The summed E-state index contributed by atoms with van der Waals surface area (Å²) in [5.41, 5.74) is 11.7. The number of benzene rings is 1. The Morgan fingerprint density at radius 1 is 0.912 bits per heavy atom. The monoisotopic (exact) mass is 481 g/mol. The SMILES string of the molecule is NCCCCC(N)C(=O)NCC(=O)NC(Cc1ccc(O)cc1)C(=O)NC(CC(=O)O)C(=O)O. The first-order valence-electron chi connectivity index (χ1n) is 10.6. The lowest BCUT2D eigenvalue weighted by Gasteiger charge is -2.21. The summed E-state index contributed by atoms with van der Waals surface area (Å²) in [6.45, 7) is -0.0172. The highest BCUT2D eigenvalue weighted by molar-refractivity contribution is 5.93. The van der Waals surface area contributed by atoms with Gasteiger partial charge >= 0.3 is 11.9 Å². The van der Waals surface area contributed by atoms with Crippen LogP contribution in [-0.2, 0) is 30.4 Å². The maximum atomic E-state index is 12.7. The van der Waals surface area contributed by atoms with Crippen molar-refractivity contribution in [3.05, 3.63) is 29.8 Å². The van der Waals surface area contributed by atoms with Crippen LogP contribution in [0.25, 0.3) is 0 Å². The van der Waals surface area contributed by atoms with Gasteiger partial charge in [0.1, 0.15) is 17.8 Å². The molecule has 1 aromatic rings. The fourth-order valence-corrected chi connectivity index (χ4v) is 2.91. The number of nitrogens with one attached hydrogen (secondary N) is 3. The van der Waals surface area contributed by atoms with Crippen molar-refractivity contribution >= 4 is 29.7 Å². The van der Waals surface area contributed by atoms with Gasteiger partial charge in [-0.3, -0.25) is 19.2 Å². The molecule has 0 bridgehead atoms. The third-order valence-electron chi connectivity index (χ3n) is 4.75. The zero-order valence-electron chi connectivity index (χ0n) is 18.5. The van der Waals surface area contributed by atoms with Crippen LogP contribution in [0.5, 0.6) is 5.75 Å². The highest BCUT2D eigenvalue weighted by Gasteiger charge is 2.28. The molecule has 0 radical (unpaired) electrons. The Hall–Kier alpha value is -3.71. The zero-order chi connectivity index (χ0) is 25.7. The Labute approximate surface area is 195 Å². The maximum Gasteiger partial charge on any atom is 0.326 e. The lowest BCUT2D eigenvalue weighted by atomic mass is 10.0. The van der Waals surface area contributed by atoms with Crippen LogP contribution in [0.2, 0.25) is 0 Å². The summed E-state index contributed by atoms with van der Waals surface area (Å²) < 4.78 is 0. The van der Waals surface area contributed by atoms with Gasteiger partial charge in [-0.25, -0.2) is 4.79 Å². The summed E-state index contributed by atoms with van der Waals surface area (Å²) in [6, 6.07) is 1.89. The van der Waals surface area contributed by atoms with Gasteiger partial charge < -0.3 is 42.7 Å². The first kappa shape index (κ1) is 28.3. The van der Waals surface area contributed by atoms with Gasteiger partial charge in [-0.1, -0.05) is 18.6 Å². The van der Waals surface area contributed by atoms with Crippen molar-refractivity contribution < 1.29 is 39.3 Å². The van der Waals surface area contributed by atoms with Crippen molar-refractivity contribution in [1.82, 2.24) is 16.0 Å². The van der Waals surface area contributed by atoms with E-state index in [2.05, 4.69) is 16.0 Å². The second-order valence-corrected chi connectivity index (χ2v) is 7.60. The van der Waals surface area contributed by atoms with Crippen molar-refractivity contribution in [3.63, 3.8) is 0 Å². The summed E-state index contributed by atoms with van der Waals surface area (Å²) in [7, 11) is 0. The van der Waals surface area contributed by atoms with Gasteiger partial charge in [0.05, 0.1) is 19.0 Å². The molecule has 1 aromatic carbocycles. The number of carbonyl (C=O) groups excluding carboxylic acids is 3. The number of carboxylic acids is 2. The van der Waals surface area contributed by atoms with Crippen LogP contribution in [0.4, 0.5) is 0 Å². The number of nitrogens with two attached hydrogens (primary N) is 2. The van der Waals surface area contributed by atoms with E-state index < -0.39 is 60.8 Å². The van der Waals surface area contributed by atoms with Gasteiger partial charge in [0.15, 0.2) is 0 Å². The van der Waals surface area contributed by atoms with E-state index in [4.69, 9.17) is 16.6 Å². The fraction of sp³-hybridized carbons (Fsp3) is 0.476. The number of unbranched alkanes of at least 4 members (excludes halogenated alkanes) is 1. The van der Waals surface area contributed by atoms with E-state index in [1.165, 1.54) is 24.3 Å². The third-order valence-corrected chi connectivity index (χ3v) is 4.75. The molecule has 3 atom stereocenters. The summed E-state index contributed by atoms with van der Waals surface area (Å²) in [4.78, 5) is 59.3. The lowest BCUT2D eigenvalue weighted by Crippen LogP contribution is -2.54. The molecule has 3 unspecified atom stereocenters. The van der Waals surface area contributed by atoms with Gasteiger partial charge in [0.25, 0.3) is 0 Å². The minimum atomic E-state index is -1.71. The number of phenolic OH excluding ortho intramolecular Hbond substituents is 1. The van der Waals surface area contributed by atoms with Crippen LogP contribution >= 0.6 is 0 Å². The van der Waals surface area contributed by atoms with Gasteiger partial charge in [0, 0.05) is 6.42 Å². The van der Waals surface area contributed by atoms with Crippen LogP contribution in [0, 0.1) is 0 Å². The van der Waals surface area contributed by atoms with Gasteiger partial charge in [-0.2, -0.15) is 0 Å². The molecular formula is C21H31N5O8. The molecule has 1 rings (SSSR count). The zero-order valence-corrected chi connectivity index (χ0v) is 18.5. The number of carbonyl (C=O) groups is 5. The minimum absolute atomic E-state index is 0.0216. The summed E-state index contributed by atoms with van der Waals surface area (Å²) in [5.74, 6) is -5.24. The van der Waals surface area contributed by atoms with Crippen LogP contribution < -0.4 is 27.4 Å². The number of rotatable bonds is 15. The predicted molar refractivity (Wildman–Crippen MR) is 119 cm³/mol. The fourth-order valence-electron chi connectivity index (χ4n) is 2.91. The number of phenols is 1. The highest BCUT2D eigenvalue weighted by atomic mass is 16.4. The molecule has 0 aliphatic rings. The second-order valence-electron chi connectivity index (χ2n) is 7.60. The molecule has 10 N–H and O–H groups in total. The molecule has 0 aliphatic heterocycles. The molecule has 13 heteroatoms. The van der Waals surface area contributed by atoms with Crippen molar-refractivity contribution in [2.45, 2.75) is 50.2 Å². The molecule has 3 amide bonds. The van der Waals surface area contributed by atoms with E-state index in [0.717, 1.165) is 0 Å². The van der Waals surface area contributed by atoms with E-state index in [1.54, 1.807) is 0 Å². The highest BCUT2D eigenvalue weighted by Crippen LogP contribution is 2.12. The number of aromatic hydroxyl groups is 1. The first-order chi connectivity index (χ1) is 16.0. The largest absolute Gasteiger partial charge is 0.508 e. The molecule has 13 nitrogen and oxygen atoms in total. The van der Waals surface area contributed by atoms with Gasteiger partial charge in [0.2, 0.25) is 17.7 Å². The average molecular weight is 482 g/mol. The summed E-state index contributed by atoms with van der Waals surface area (Å²) >= 11 is 0. The lowest BCUT2D eigenvalue weighted by molar-refractivity contribution is -0.147. The summed E-state index contributed by atoms with van der Waals surface area (Å²) in [6.07, 6.45) is 0.779. The number of hydrogen-bond donors (Lipinski definition) is 8. The number of aliphatic carboxylic acids is 2. The topological polar surface area (TPSA) is 234 Å². The standard InChI is InChI=1S/C21H31N5O8/c22-8-2-1-3-14(23)19(31)24-11-17(28)25-15(9-12-4-6-13(27)7-5-12)20(32)26-16(21(33)34)10-18(29)30/h4-7,14-16,27H,1-3,8-11,22-23H2,(H,24,31)(H,25,28)(H,26,32)(H,29,30)(H,33,34). The first-order valence-corrected chi connectivity index (χ1v) is 10.6. The van der Waals surface area contributed by atoms with E-state index in [0.29, 0.717) is 31.4 Å². The molecule has 0 aromatic heterocycles. The molecule has 0 saturated heterocycles. The molecule has 0 heterocycles. The number of amides is 3. The second kappa shape index (κ2) is 14.4. The van der Waals surface area contributed by atoms with Crippen LogP contribution in [-0.4, -0.2) is 76.2 Å². The Balaban J connectivity index is 2.83. The molecule has 0 saturated carbocycles. The van der Waals surface area contributed by atoms with Gasteiger partial charge in [-0.05, 0) is 37.1 Å². The van der Waals surface area contributed by atoms with Crippen molar-refractivity contribution in [2.75, 3.05) is 13.1 Å². The van der Waals surface area contributed by atoms with Crippen LogP contribution in [0.3, 0.4) is 0 Å². The molecule has 34 heavy (non-hydrogen) atoms. The normalized spacial score (nSPS) is 13.2. The van der Waals surface area contributed by atoms with Crippen LogP contribution in [0.15, 0.2) is 24.3 Å². The summed E-state index contributed by atoms with van der Waals surface area (Å²) in [5, 5.41) is 34.3. The Bertz CT molecular complexity index is 861. The molecule has 0 aliphatic carbocycles. The smallest absolute Gasteiger partial charge is 0.326 e. The van der Waals surface area contributed by atoms with E-state index >= 15 is 0 Å². The average Bonchev–Trinajstić information content (AvgIpc) is 2.77. The van der Waals surface area contributed by atoms with Crippen LogP contribution in [0.1, 0.15) is 31.2 Å². The Morgan fingerprint density at radius 2 is 1.56 bits per heavy atom. The maximum absolute atomic E-state index is 12.7. The molecule has 0 spiro atoms. The molecular weight excluding hydrogens is 450 g/mol. The number of hydrogen-bond acceptors (Lipinski definition) is 8. The Morgan fingerprint density at radius 3 is 2.12 bits per heavy atom. The predicted octanol–water partition coefficient (Wildman–Crippen LogP) is -1.96.